The van der Waals surface area contributed by atoms with Gasteiger partial charge in [-0.05, 0) is 84.1 Å². The van der Waals surface area contributed by atoms with Gasteiger partial charge in [0.05, 0.1) is 11.6 Å². The Morgan fingerprint density at radius 2 is 1.82 bits per heavy atom. The first-order chi connectivity index (χ1) is 15.6. The second-order valence-corrected chi connectivity index (χ2v) is 10.3. The van der Waals surface area contributed by atoms with Crippen molar-refractivity contribution in [3.8, 4) is 11.1 Å². The SMILES string of the molecule is CC1(C)Cc2ccc(-c3cccc(C(F)(F)F)c3)cc2C1NC(=O)O[C@H]1CN2CCC1CC2. The smallest absolute Gasteiger partial charge is 0.416 e. The largest absolute Gasteiger partial charge is 0.445 e. The van der Waals surface area contributed by atoms with Crippen molar-refractivity contribution >= 4 is 6.09 Å². The number of hydrogen-bond acceptors (Lipinski definition) is 3. The molecule has 2 atom stereocenters. The van der Waals surface area contributed by atoms with Gasteiger partial charge in [0, 0.05) is 6.54 Å². The average Bonchev–Trinajstić information content (AvgIpc) is 3.03. The lowest BCUT2D eigenvalue weighted by molar-refractivity contribution is -0.137. The first-order valence-electron chi connectivity index (χ1n) is 11.6. The Bertz CT molecular complexity index is 1060. The maximum Gasteiger partial charge on any atom is 0.416 e. The minimum atomic E-state index is -4.39. The summed E-state index contributed by atoms with van der Waals surface area (Å²) in [5.41, 5.74) is 2.35. The molecule has 0 saturated carbocycles. The van der Waals surface area contributed by atoms with Crippen LogP contribution in [0.3, 0.4) is 0 Å². The van der Waals surface area contributed by atoms with Crippen molar-refractivity contribution in [1.82, 2.24) is 10.2 Å². The zero-order chi connectivity index (χ0) is 23.4. The summed E-state index contributed by atoms with van der Waals surface area (Å²) in [6.07, 6.45) is -1.98. The van der Waals surface area contributed by atoms with Crippen molar-refractivity contribution in [1.29, 1.82) is 0 Å². The van der Waals surface area contributed by atoms with Gasteiger partial charge in [-0.1, -0.05) is 38.1 Å². The summed E-state index contributed by atoms with van der Waals surface area (Å²) >= 11 is 0. The predicted octanol–water partition coefficient (Wildman–Crippen LogP) is 5.82. The maximum atomic E-state index is 13.2. The molecule has 0 radical (unpaired) electrons. The topological polar surface area (TPSA) is 41.6 Å². The predicted molar refractivity (Wildman–Crippen MR) is 120 cm³/mol. The highest BCUT2D eigenvalue weighted by Gasteiger charge is 2.42. The highest BCUT2D eigenvalue weighted by atomic mass is 19.4. The van der Waals surface area contributed by atoms with Crippen molar-refractivity contribution < 1.29 is 22.7 Å². The number of amides is 1. The van der Waals surface area contributed by atoms with E-state index in [2.05, 4.69) is 24.1 Å². The average molecular weight is 459 g/mol. The summed E-state index contributed by atoms with van der Waals surface area (Å²) in [7, 11) is 0. The van der Waals surface area contributed by atoms with Gasteiger partial charge in [-0.15, -0.1) is 0 Å². The number of hydrogen-bond donors (Lipinski definition) is 1. The molecule has 6 rings (SSSR count). The van der Waals surface area contributed by atoms with Crippen molar-refractivity contribution in [3.63, 3.8) is 0 Å². The van der Waals surface area contributed by atoms with Crippen LogP contribution >= 0.6 is 0 Å². The van der Waals surface area contributed by atoms with Crippen molar-refractivity contribution in [2.24, 2.45) is 11.3 Å². The monoisotopic (exact) mass is 458 g/mol. The van der Waals surface area contributed by atoms with E-state index in [4.69, 9.17) is 4.74 Å². The Labute approximate surface area is 192 Å². The van der Waals surface area contributed by atoms with Crippen LogP contribution < -0.4 is 5.32 Å². The zero-order valence-electron chi connectivity index (χ0n) is 18.9. The molecular weight excluding hydrogens is 429 g/mol. The van der Waals surface area contributed by atoms with Crippen LogP contribution in [0.5, 0.6) is 0 Å². The third kappa shape index (κ3) is 4.35. The molecule has 1 aliphatic carbocycles. The summed E-state index contributed by atoms with van der Waals surface area (Å²) in [5, 5.41) is 3.09. The number of fused-ring (bicyclic) bond motifs is 4. The molecular formula is C26H29F3N2O2. The van der Waals surface area contributed by atoms with E-state index < -0.39 is 17.8 Å². The van der Waals surface area contributed by atoms with E-state index in [0.717, 1.165) is 56.1 Å². The quantitative estimate of drug-likeness (QED) is 0.631. The lowest BCUT2D eigenvalue weighted by Gasteiger charge is -2.44. The Morgan fingerprint density at radius 3 is 2.48 bits per heavy atom. The van der Waals surface area contributed by atoms with Crippen LogP contribution in [0.1, 0.15) is 49.4 Å². The molecule has 176 valence electrons. The molecule has 1 N–H and O–H groups in total. The lowest BCUT2D eigenvalue weighted by atomic mass is 9.85. The van der Waals surface area contributed by atoms with Gasteiger partial charge < -0.3 is 10.1 Å². The zero-order valence-corrected chi connectivity index (χ0v) is 18.9. The summed E-state index contributed by atoms with van der Waals surface area (Å²) < 4.78 is 45.4. The Balaban J connectivity index is 1.37. The second kappa shape index (κ2) is 8.05. The molecule has 33 heavy (non-hydrogen) atoms. The molecule has 0 aromatic heterocycles. The summed E-state index contributed by atoms with van der Waals surface area (Å²) in [6.45, 7) is 7.13. The first kappa shape index (κ1) is 22.3. The molecule has 3 fully saturated rings. The molecule has 3 heterocycles. The number of carbonyl (C=O) groups excluding carboxylic acids is 1. The molecule has 0 spiro atoms. The number of rotatable bonds is 3. The molecule has 2 aromatic carbocycles. The maximum absolute atomic E-state index is 13.2. The number of alkyl carbamates (subject to hydrolysis) is 1. The van der Waals surface area contributed by atoms with E-state index in [9.17, 15) is 18.0 Å². The molecule has 3 aliphatic heterocycles. The Kier molecular flexibility index (Phi) is 5.43. The van der Waals surface area contributed by atoms with E-state index in [1.165, 1.54) is 12.1 Å². The molecule has 7 heteroatoms. The van der Waals surface area contributed by atoms with Crippen LogP contribution in [0, 0.1) is 11.3 Å². The van der Waals surface area contributed by atoms with E-state index in [1.54, 1.807) is 6.07 Å². The summed E-state index contributed by atoms with van der Waals surface area (Å²) in [5.74, 6) is 0.428. The molecule has 3 saturated heterocycles. The number of ether oxygens (including phenoxy) is 1. The van der Waals surface area contributed by atoms with Crippen LogP contribution in [0.2, 0.25) is 0 Å². The van der Waals surface area contributed by atoms with E-state index in [1.807, 2.05) is 18.2 Å². The van der Waals surface area contributed by atoms with Crippen molar-refractivity contribution in [2.45, 2.75) is 51.4 Å². The number of halogens is 3. The number of alkyl halides is 3. The molecule has 4 aliphatic rings. The van der Waals surface area contributed by atoms with Gasteiger partial charge in [0.25, 0.3) is 0 Å². The van der Waals surface area contributed by atoms with E-state index >= 15 is 0 Å². The number of nitrogens with zero attached hydrogens (tertiary/aromatic N) is 1. The first-order valence-corrected chi connectivity index (χ1v) is 11.6. The lowest BCUT2D eigenvalue weighted by Crippen LogP contribution is -2.53. The minimum absolute atomic E-state index is 0.0760. The Hall–Kier alpha value is -2.54. The van der Waals surface area contributed by atoms with Gasteiger partial charge in [-0.3, -0.25) is 4.90 Å². The fourth-order valence-electron chi connectivity index (χ4n) is 5.70. The van der Waals surface area contributed by atoms with Crippen LogP contribution in [-0.4, -0.2) is 36.7 Å². The fraction of sp³-hybridized carbons (Fsp3) is 0.500. The van der Waals surface area contributed by atoms with Gasteiger partial charge in [0.1, 0.15) is 6.10 Å². The standard InChI is InChI=1S/C26H29F3N2O2/c1-25(2)14-19-7-6-18(17-4-3-5-20(12-17)26(27,28)29)13-21(19)23(25)30-24(32)33-22-15-31-10-8-16(22)9-11-31/h3-7,12-13,16,22-23H,8-11,14-15H2,1-2H3,(H,30,32)/t22-,23?/m0/s1. The van der Waals surface area contributed by atoms with E-state index in [-0.39, 0.29) is 17.6 Å². The number of nitrogens with one attached hydrogen (secondary N) is 1. The molecule has 2 aromatic rings. The highest BCUT2D eigenvalue weighted by Crippen LogP contribution is 2.46. The fourth-order valence-corrected chi connectivity index (χ4v) is 5.70. The van der Waals surface area contributed by atoms with Crippen molar-refractivity contribution in [2.75, 3.05) is 19.6 Å². The van der Waals surface area contributed by atoms with Gasteiger partial charge >= 0.3 is 12.3 Å². The number of piperidine rings is 3. The van der Waals surface area contributed by atoms with Gasteiger partial charge in [-0.25, -0.2) is 4.79 Å². The molecule has 1 unspecified atom stereocenters. The van der Waals surface area contributed by atoms with Crippen LogP contribution in [0.4, 0.5) is 18.0 Å². The molecule has 2 bridgehead atoms. The third-order valence-corrected chi connectivity index (χ3v) is 7.52. The summed E-state index contributed by atoms with van der Waals surface area (Å²) in [4.78, 5) is 15.2. The van der Waals surface area contributed by atoms with E-state index in [0.29, 0.717) is 17.0 Å². The molecule has 1 amide bonds. The van der Waals surface area contributed by atoms with Gasteiger partial charge in [-0.2, -0.15) is 13.2 Å². The highest BCUT2D eigenvalue weighted by molar-refractivity contribution is 5.71. The molecule has 4 nitrogen and oxygen atoms in total. The normalized spacial score (nSPS) is 27.8. The number of benzene rings is 2. The van der Waals surface area contributed by atoms with Gasteiger partial charge in [0.2, 0.25) is 0 Å². The summed E-state index contributed by atoms with van der Waals surface area (Å²) in [6, 6.07) is 10.8. The van der Waals surface area contributed by atoms with Crippen LogP contribution in [0.15, 0.2) is 42.5 Å². The second-order valence-electron chi connectivity index (χ2n) is 10.3. The van der Waals surface area contributed by atoms with Crippen molar-refractivity contribution in [3.05, 3.63) is 59.2 Å². The van der Waals surface area contributed by atoms with Gasteiger partial charge in [0.15, 0.2) is 0 Å². The van der Waals surface area contributed by atoms with Crippen LogP contribution in [0.25, 0.3) is 11.1 Å². The minimum Gasteiger partial charge on any atom is -0.445 e. The Morgan fingerprint density at radius 1 is 1.09 bits per heavy atom. The third-order valence-electron chi connectivity index (χ3n) is 7.52. The van der Waals surface area contributed by atoms with Crippen LogP contribution in [-0.2, 0) is 17.3 Å². The number of carbonyl (C=O) groups is 1.